The second-order valence-electron chi connectivity index (χ2n) is 5.50. The molecule has 1 aliphatic rings. The lowest BCUT2D eigenvalue weighted by atomic mass is 9.93. The maximum absolute atomic E-state index is 11.0. The van der Waals surface area contributed by atoms with Crippen LogP contribution in [0.5, 0.6) is 0 Å². The van der Waals surface area contributed by atoms with E-state index in [1.54, 1.807) is 12.1 Å². The van der Waals surface area contributed by atoms with Gasteiger partial charge < -0.3 is 10.6 Å². The molecule has 1 aromatic rings. The first-order valence-electron chi connectivity index (χ1n) is 7.35. The molecule has 5 nitrogen and oxygen atoms in total. The number of hydrogen-bond donors (Lipinski definition) is 1. The summed E-state index contributed by atoms with van der Waals surface area (Å²) in [6.45, 7) is 3.86. The van der Waals surface area contributed by atoms with Crippen LogP contribution in [0.15, 0.2) is 24.3 Å². The molecule has 0 radical (unpaired) electrons. The van der Waals surface area contributed by atoms with Crippen LogP contribution in [-0.4, -0.2) is 36.0 Å². The van der Waals surface area contributed by atoms with E-state index in [9.17, 15) is 10.1 Å². The largest absolute Gasteiger partial charge is 0.330 e. The number of nitrogens with two attached hydrogens (primary N) is 1. The minimum absolute atomic E-state index is 0.241. The number of nitro groups is 1. The molecule has 1 saturated heterocycles. The van der Waals surface area contributed by atoms with Gasteiger partial charge in [0.2, 0.25) is 0 Å². The highest BCUT2D eigenvalue weighted by Crippen LogP contribution is 2.22. The molecule has 0 saturated carbocycles. The fourth-order valence-electron chi connectivity index (χ4n) is 2.91. The van der Waals surface area contributed by atoms with Crippen molar-refractivity contribution in [3.8, 4) is 0 Å². The fraction of sp³-hybridized carbons (Fsp3) is 0.600. The van der Waals surface area contributed by atoms with E-state index < -0.39 is 0 Å². The molecule has 1 aliphatic heterocycles. The minimum atomic E-state index is -0.289. The number of benzene rings is 1. The number of piperidine rings is 1. The van der Waals surface area contributed by atoms with Gasteiger partial charge in [-0.15, -0.1) is 0 Å². The Hall–Kier alpha value is -1.46. The number of nitrogens with zero attached hydrogens (tertiary/aromatic N) is 2. The second kappa shape index (κ2) is 7.36. The molecule has 0 amide bonds. The number of hydrogen-bond acceptors (Lipinski definition) is 4. The molecule has 110 valence electrons. The molecule has 1 aromatic carbocycles. The maximum atomic E-state index is 11.0. The van der Waals surface area contributed by atoms with Gasteiger partial charge in [-0.05, 0) is 51.2 Å². The first kappa shape index (κ1) is 14.9. The van der Waals surface area contributed by atoms with E-state index in [1.807, 2.05) is 12.1 Å². The Bertz CT molecular complexity index is 442. The van der Waals surface area contributed by atoms with Crippen LogP contribution in [-0.2, 0) is 6.42 Å². The van der Waals surface area contributed by atoms with Gasteiger partial charge in [-0.2, -0.15) is 0 Å². The molecular weight excluding hydrogens is 254 g/mol. The molecule has 20 heavy (non-hydrogen) atoms. The van der Waals surface area contributed by atoms with Crippen LogP contribution in [0.3, 0.4) is 0 Å². The fourth-order valence-corrected chi connectivity index (χ4v) is 2.91. The normalized spacial score (nSPS) is 17.2. The zero-order valence-electron chi connectivity index (χ0n) is 11.8. The highest BCUT2D eigenvalue weighted by Gasteiger charge is 2.19. The Kier molecular flexibility index (Phi) is 5.49. The molecule has 0 unspecified atom stereocenters. The van der Waals surface area contributed by atoms with E-state index in [4.69, 9.17) is 5.73 Å². The first-order valence-corrected chi connectivity index (χ1v) is 7.35. The van der Waals surface area contributed by atoms with E-state index in [-0.39, 0.29) is 10.6 Å². The van der Waals surface area contributed by atoms with Gasteiger partial charge in [0.1, 0.15) is 0 Å². The van der Waals surface area contributed by atoms with E-state index >= 15 is 0 Å². The van der Waals surface area contributed by atoms with Crippen molar-refractivity contribution in [2.45, 2.75) is 25.7 Å². The molecule has 0 spiro atoms. The number of para-hydroxylation sites is 1. The van der Waals surface area contributed by atoms with Crippen molar-refractivity contribution >= 4 is 5.69 Å². The Morgan fingerprint density at radius 2 is 2.00 bits per heavy atom. The van der Waals surface area contributed by atoms with Gasteiger partial charge in [0.15, 0.2) is 0 Å². The monoisotopic (exact) mass is 277 g/mol. The smallest absolute Gasteiger partial charge is 0.272 e. The van der Waals surface area contributed by atoms with Crippen molar-refractivity contribution in [2.75, 3.05) is 26.2 Å². The minimum Gasteiger partial charge on any atom is -0.330 e. The summed E-state index contributed by atoms with van der Waals surface area (Å²) >= 11 is 0. The number of nitro benzene ring substituents is 1. The predicted octanol–water partition coefficient (Wildman–Crippen LogP) is 2.20. The SMILES string of the molecule is NCCC1CCN(CCc2ccccc2[N+](=O)[O-])CC1. The van der Waals surface area contributed by atoms with Crippen molar-refractivity contribution in [3.05, 3.63) is 39.9 Å². The van der Waals surface area contributed by atoms with Crippen LogP contribution in [0.25, 0.3) is 0 Å². The molecule has 2 rings (SSSR count). The molecule has 1 fully saturated rings. The Morgan fingerprint density at radius 1 is 1.30 bits per heavy atom. The summed E-state index contributed by atoms with van der Waals surface area (Å²) in [6, 6.07) is 7.04. The van der Waals surface area contributed by atoms with E-state index in [0.717, 1.165) is 50.5 Å². The van der Waals surface area contributed by atoms with Crippen molar-refractivity contribution in [1.29, 1.82) is 0 Å². The van der Waals surface area contributed by atoms with Gasteiger partial charge in [0.05, 0.1) is 4.92 Å². The highest BCUT2D eigenvalue weighted by molar-refractivity contribution is 5.39. The molecule has 0 aliphatic carbocycles. The number of rotatable bonds is 6. The summed E-state index contributed by atoms with van der Waals surface area (Å²) in [5.74, 6) is 0.766. The molecule has 1 heterocycles. The second-order valence-corrected chi connectivity index (χ2v) is 5.50. The summed E-state index contributed by atoms with van der Waals surface area (Å²) < 4.78 is 0. The zero-order chi connectivity index (χ0) is 14.4. The van der Waals surface area contributed by atoms with Crippen LogP contribution in [0, 0.1) is 16.0 Å². The lowest BCUT2D eigenvalue weighted by molar-refractivity contribution is -0.385. The standard InChI is InChI=1S/C15H23N3O2/c16-9-5-13-6-10-17(11-7-13)12-8-14-3-1-2-4-15(14)18(19)20/h1-4,13H,5-12,16H2. The van der Waals surface area contributed by atoms with E-state index in [0.29, 0.717) is 0 Å². The van der Waals surface area contributed by atoms with Crippen LogP contribution < -0.4 is 5.73 Å². The summed E-state index contributed by atoms with van der Waals surface area (Å²) in [6.07, 6.45) is 4.28. The Labute approximate surface area is 119 Å². The quantitative estimate of drug-likeness (QED) is 0.639. The topological polar surface area (TPSA) is 72.4 Å². The first-order chi connectivity index (χ1) is 9.70. The van der Waals surface area contributed by atoms with Crippen molar-refractivity contribution in [1.82, 2.24) is 4.90 Å². The molecule has 5 heteroatoms. The summed E-state index contributed by atoms with van der Waals surface area (Å²) in [5.41, 5.74) is 6.67. The third kappa shape index (κ3) is 4.02. The highest BCUT2D eigenvalue weighted by atomic mass is 16.6. The van der Waals surface area contributed by atoms with E-state index in [1.165, 1.54) is 12.8 Å². The van der Waals surface area contributed by atoms with Crippen molar-refractivity contribution in [3.63, 3.8) is 0 Å². The summed E-state index contributed by atoms with van der Waals surface area (Å²) in [5, 5.41) is 11.0. The lowest BCUT2D eigenvalue weighted by Crippen LogP contribution is -2.35. The summed E-state index contributed by atoms with van der Waals surface area (Å²) in [4.78, 5) is 13.1. The predicted molar refractivity (Wildman–Crippen MR) is 79.6 cm³/mol. The Morgan fingerprint density at radius 3 is 2.65 bits per heavy atom. The average molecular weight is 277 g/mol. The molecular formula is C15H23N3O2. The van der Waals surface area contributed by atoms with Gasteiger partial charge in [0.25, 0.3) is 5.69 Å². The molecule has 0 atom stereocenters. The van der Waals surface area contributed by atoms with E-state index in [2.05, 4.69) is 4.90 Å². The van der Waals surface area contributed by atoms with Gasteiger partial charge in [0, 0.05) is 18.2 Å². The van der Waals surface area contributed by atoms with Crippen molar-refractivity contribution < 1.29 is 4.92 Å². The van der Waals surface area contributed by atoms with Gasteiger partial charge in [-0.3, -0.25) is 10.1 Å². The third-order valence-corrected chi connectivity index (χ3v) is 4.17. The molecule has 2 N–H and O–H groups in total. The van der Waals surface area contributed by atoms with Crippen LogP contribution >= 0.6 is 0 Å². The third-order valence-electron chi connectivity index (χ3n) is 4.17. The lowest BCUT2D eigenvalue weighted by Gasteiger charge is -2.31. The summed E-state index contributed by atoms with van der Waals surface area (Å²) in [7, 11) is 0. The maximum Gasteiger partial charge on any atom is 0.272 e. The van der Waals surface area contributed by atoms with Gasteiger partial charge in [-0.1, -0.05) is 18.2 Å². The van der Waals surface area contributed by atoms with Crippen LogP contribution in [0.1, 0.15) is 24.8 Å². The van der Waals surface area contributed by atoms with Crippen LogP contribution in [0.4, 0.5) is 5.69 Å². The van der Waals surface area contributed by atoms with Gasteiger partial charge >= 0.3 is 0 Å². The number of likely N-dealkylation sites (tertiary alicyclic amines) is 1. The van der Waals surface area contributed by atoms with Crippen LogP contribution in [0.2, 0.25) is 0 Å². The molecule has 0 bridgehead atoms. The zero-order valence-corrected chi connectivity index (χ0v) is 11.8. The van der Waals surface area contributed by atoms with Crippen molar-refractivity contribution in [2.24, 2.45) is 11.7 Å². The molecule has 0 aromatic heterocycles. The Balaban J connectivity index is 1.83. The average Bonchev–Trinajstić information content (AvgIpc) is 2.47. The van der Waals surface area contributed by atoms with Gasteiger partial charge in [-0.25, -0.2) is 0 Å².